The maximum atomic E-state index is 13.4. The average Bonchev–Trinajstić information content (AvgIpc) is 3.52. The van der Waals surface area contributed by atoms with Crippen LogP contribution in [0.15, 0.2) is 53.4 Å². The molecular weight excluding hydrogens is 565 g/mol. The van der Waals surface area contributed by atoms with Crippen molar-refractivity contribution in [2.75, 3.05) is 31.5 Å². The quantitative estimate of drug-likeness (QED) is 0.318. The molecule has 4 heterocycles. The number of fused-ring (bicyclic) bond motifs is 2. The molecule has 2 unspecified atom stereocenters. The Balaban J connectivity index is 1.29. The van der Waals surface area contributed by atoms with Crippen molar-refractivity contribution < 1.29 is 17.9 Å². The van der Waals surface area contributed by atoms with E-state index in [9.17, 15) is 13.2 Å². The van der Waals surface area contributed by atoms with Gasteiger partial charge < -0.3 is 10.1 Å². The summed E-state index contributed by atoms with van der Waals surface area (Å²) in [5, 5.41) is 4.85. The second-order valence-electron chi connectivity index (χ2n) is 10.4. The molecule has 6 rings (SSSR count). The zero-order valence-electron chi connectivity index (χ0n) is 22.7. The lowest BCUT2D eigenvalue weighted by Crippen LogP contribution is -2.48. The van der Waals surface area contributed by atoms with Gasteiger partial charge in [0.05, 0.1) is 27.3 Å². The van der Waals surface area contributed by atoms with E-state index in [-0.39, 0.29) is 23.0 Å². The number of hydrogen-bond donors (Lipinski definition) is 1. The third-order valence-corrected chi connectivity index (χ3v) is 11.5. The number of benzene rings is 2. The van der Waals surface area contributed by atoms with Crippen molar-refractivity contribution >= 4 is 53.8 Å². The van der Waals surface area contributed by atoms with Crippen LogP contribution in [0, 0.1) is 0 Å². The number of anilines is 1. The van der Waals surface area contributed by atoms with Crippen molar-refractivity contribution in [2.24, 2.45) is 0 Å². The molecule has 2 aromatic heterocycles. The highest BCUT2D eigenvalue weighted by Gasteiger charge is 2.32. The van der Waals surface area contributed by atoms with Gasteiger partial charge in [0.25, 0.3) is 5.91 Å². The number of thiophene rings is 1. The van der Waals surface area contributed by atoms with E-state index in [4.69, 9.17) is 9.72 Å². The zero-order chi connectivity index (χ0) is 28.0. The van der Waals surface area contributed by atoms with Crippen LogP contribution in [0.25, 0.3) is 20.8 Å². The number of carbonyl (C=O) groups is 1. The van der Waals surface area contributed by atoms with Gasteiger partial charge in [-0.2, -0.15) is 4.31 Å². The number of nitrogens with one attached hydrogen (secondary N) is 1. The van der Waals surface area contributed by atoms with E-state index in [0.717, 1.165) is 51.8 Å². The highest BCUT2D eigenvalue weighted by Crippen LogP contribution is 2.45. The number of amides is 1. The minimum atomic E-state index is -3.68. The molecule has 4 aromatic rings. The van der Waals surface area contributed by atoms with E-state index >= 15 is 0 Å². The van der Waals surface area contributed by atoms with Crippen molar-refractivity contribution in [3.05, 3.63) is 64.5 Å². The number of rotatable bonds is 6. The second kappa shape index (κ2) is 11.0. The van der Waals surface area contributed by atoms with Crippen LogP contribution in [-0.4, -0.2) is 66.9 Å². The van der Waals surface area contributed by atoms with Crippen molar-refractivity contribution in [1.29, 1.82) is 0 Å². The summed E-state index contributed by atoms with van der Waals surface area (Å²) in [5.74, 6) is -0.272. The molecule has 2 atom stereocenters. The van der Waals surface area contributed by atoms with Gasteiger partial charge in [-0.3, -0.25) is 9.69 Å². The van der Waals surface area contributed by atoms with Crippen LogP contribution in [0.3, 0.4) is 0 Å². The first-order valence-corrected chi connectivity index (χ1v) is 16.6. The molecule has 8 nitrogen and oxygen atoms in total. The van der Waals surface area contributed by atoms with Crippen LogP contribution >= 0.6 is 22.7 Å². The third-order valence-electron chi connectivity index (χ3n) is 7.46. The topological polar surface area (TPSA) is 91.8 Å². The Kier molecular flexibility index (Phi) is 7.53. The SMILES string of the molecule is CCN1CCc2c(sc(NC(=O)c3ccc(S(=O)(=O)N4CC(C)OC(C)C4)cc3)c2-c2nc3ccccc3s2)C1. The van der Waals surface area contributed by atoms with Crippen molar-refractivity contribution in [2.45, 2.75) is 50.8 Å². The molecule has 1 amide bonds. The summed E-state index contributed by atoms with van der Waals surface area (Å²) in [6.45, 7) is 9.33. The van der Waals surface area contributed by atoms with E-state index in [1.807, 2.05) is 32.0 Å². The molecule has 0 saturated carbocycles. The van der Waals surface area contributed by atoms with Gasteiger partial charge in [-0.1, -0.05) is 19.1 Å². The Labute approximate surface area is 242 Å². The first-order chi connectivity index (χ1) is 19.2. The number of carbonyl (C=O) groups excluding carboxylic acids is 1. The van der Waals surface area contributed by atoms with E-state index in [1.165, 1.54) is 26.9 Å². The fourth-order valence-corrected chi connectivity index (χ4v) is 9.44. The normalized spacial score (nSPS) is 20.5. The van der Waals surface area contributed by atoms with Gasteiger partial charge >= 0.3 is 0 Å². The highest BCUT2D eigenvalue weighted by molar-refractivity contribution is 7.89. The largest absolute Gasteiger partial charge is 0.373 e. The zero-order valence-corrected chi connectivity index (χ0v) is 25.2. The summed E-state index contributed by atoms with van der Waals surface area (Å²) < 4.78 is 34.8. The highest BCUT2D eigenvalue weighted by atomic mass is 32.2. The molecule has 11 heteroatoms. The molecule has 2 aliphatic rings. The van der Waals surface area contributed by atoms with Crippen LogP contribution < -0.4 is 5.32 Å². The summed E-state index contributed by atoms with van der Waals surface area (Å²) in [4.78, 5) is 22.2. The first-order valence-electron chi connectivity index (χ1n) is 13.5. The number of hydrogen-bond acceptors (Lipinski definition) is 8. The maximum absolute atomic E-state index is 13.4. The average molecular weight is 597 g/mol. The number of morpholine rings is 1. The Hall–Kier alpha value is -2.67. The smallest absolute Gasteiger partial charge is 0.256 e. The molecule has 1 fully saturated rings. The van der Waals surface area contributed by atoms with E-state index in [0.29, 0.717) is 18.7 Å². The summed E-state index contributed by atoms with van der Waals surface area (Å²) >= 11 is 3.25. The van der Waals surface area contributed by atoms with Gasteiger partial charge in [-0.15, -0.1) is 22.7 Å². The van der Waals surface area contributed by atoms with E-state index < -0.39 is 10.0 Å². The predicted octanol–water partition coefficient (Wildman–Crippen LogP) is 5.45. The summed E-state index contributed by atoms with van der Waals surface area (Å²) in [5.41, 5.74) is 3.63. The van der Waals surface area contributed by atoms with Gasteiger partial charge in [-0.05, 0) is 68.8 Å². The molecule has 0 radical (unpaired) electrons. The molecule has 1 N–H and O–H groups in total. The van der Waals surface area contributed by atoms with Crippen molar-refractivity contribution in [3.8, 4) is 10.6 Å². The number of thiazole rings is 1. The van der Waals surface area contributed by atoms with E-state index in [1.54, 1.807) is 34.8 Å². The molecule has 2 aliphatic heterocycles. The summed E-state index contributed by atoms with van der Waals surface area (Å²) in [7, 11) is -3.68. The van der Waals surface area contributed by atoms with Crippen LogP contribution in [0.4, 0.5) is 5.00 Å². The fourth-order valence-electron chi connectivity index (χ4n) is 5.45. The monoisotopic (exact) mass is 596 g/mol. The van der Waals surface area contributed by atoms with Crippen LogP contribution in [0.2, 0.25) is 0 Å². The van der Waals surface area contributed by atoms with Crippen LogP contribution in [0.5, 0.6) is 0 Å². The summed E-state index contributed by atoms with van der Waals surface area (Å²) in [6, 6.07) is 14.3. The Bertz CT molecular complexity index is 1620. The van der Waals surface area contributed by atoms with E-state index in [2.05, 4.69) is 23.2 Å². The summed E-state index contributed by atoms with van der Waals surface area (Å²) in [6.07, 6.45) is 0.565. The molecule has 0 bridgehead atoms. The maximum Gasteiger partial charge on any atom is 0.256 e. The number of ether oxygens (including phenoxy) is 1. The predicted molar refractivity (Wildman–Crippen MR) is 161 cm³/mol. The second-order valence-corrected chi connectivity index (χ2v) is 14.4. The molecule has 1 saturated heterocycles. The first kappa shape index (κ1) is 27.5. The Morgan fingerprint density at radius 3 is 2.50 bits per heavy atom. The standard InChI is InChI=1S/C29H32N4O4S3/c1-4-32-14-13-22-25(17-32)39-29(26(22)28-30-23-7-5-6-8-24(23)38-28)31-27(34)20-9-11-21(12-10-20)40(35,36)33-15-18(2)37-19(3)16-33/h5-12,18-19H,4,13-17H2,1-3H3,(H,31,34). The lowest BCUT2D eigenvalue weighted by atomic mass is 10.0. The molecule has 40 heavy (non-hydrogen) atoms. The van der Waals surface area contributed by atoms with Gasteiger partial charge in [0.2, 0.25) is 10.0 Å². The minimum Gasteiger partial charge on any atom is -0.373 e. The fraction of sp³-hybridized carbons (Fsp3) is 0.379. The number of para-hydroxylation sites is 1. The number of aromatic nitrogens is 1. The number of nitrogens with zero attached hydrogens (tertiary/aromatic N) is 3. The molecule has 210 valence electrons. The molecule has 0 aliphatic carbocycles. The van der Waals surface area contributed by atoms with Crippen LogP contribution in [-0.2, 0) is 27.7 Å². The molecular formula is C29H32N4O4S3. The molecule has 0 spiro atoms. The molecule has 2 aromatic carbocycles. The number of likely N-dealkylation sites (N-methyl/N-ethyl adjacent to an activating group) is 1. The van der Waals surface area contributed by atoms with Crippen molar-refractivity contribution in [3.63, 3.8) is 0 Å². The van der Waals surface area contributed by atoms with Gasteiger partial charge in [0.1, 0.15) is 10.0 Å². The van der Waals surface area contributed by atoms with Crippen molar-refractivity contribution in [1.82, 2.24) is 14.2 Å². The van der Waals surface area contributed by atoms with Gasteiger partial charge in [0.15, 0.2) is 0 Å². The van der Waals surface area contributed by atoms with Gasteiger partial charge in [-0.25, -0.2) is 13.4 Å². The van der Waals surface area contributed by atoms with Crippen LogP contribution in [0.1, 0.15) is 41.6 Å². The minimum absolute atomic E-state index is 0.172. The third kappa shape index (κ3) is 5.22. The van der Waals surface area contributed by atoms with Gasteiger partial charge in [0, 0.05) is 42.2 Å². The Morgan fingerprint density at radius 1 is 1.07 bits per heavy atom. The lowest BCUT2D eigenvalue weighted by molar-refractivity contribution is -0.0440. The lowest BCUT2D eigenvalue weighted by Gasteiger charge is -2.34. The number of sulfonamides is 1. The Morgan fingerprint density at radius 2 is 1.80 bits per heavy atom.